The number of rotatable bonds is 6. The Morgan fingerprint density at radius 3 is 2.83 bits per heavy atom. The van der Waals surface area contributed by atoms with Gasteiger partial charge in [0, 0.05) is 23.2 Å². The van der Waals surface area contributed by atoms with Crippen LogP contribution < -0.4 is 10.0 Å². The molecule has 1 aromatic carbocycles. The van der Waals surface area contributed by atoms with Gasteiger partial charge in [-0.1, -0.05) is 6.08 Å². The number of anilines is 1. The molecule has 0 spiro atoms. The first kappa shape index (κ1) is 17.3. The molecule has 0 radical (unpaired) electrons. The molecule has 0 aliphatic heterocycles. The smallest absolute Gasteiger partial charge is 0.257 e. The van der Waals surface area contributed by atoms with Crippen LogP contribution in [-0.2, 0) is 10.0 Å². The summed E-state index contributed by atoms with van der Waals surface area (Å²) in [6.07, 6.45) is 2.93. The van der Waals surface area contributed by atoms with Crippen LogP contribution >= 0.6 is 11.3 Å². The van der Waals surface area contributed by atoms with E-state index in [2.05, 4.69) is 21.6 Å². The zero-order valence-electron chi connectivity index (χ0n) is 12.2. The Balaban J connectivity index is 2.29. The Hall–Kier alpha value is -2.10. The van der Waals surface area contributed by atoms with Crippen LogP contribution in [0.25, 0.3) is 0 Å². The normalized spacial score (nSPS) is 11.2. The third-order valence-corrected chi connectivity index (χ3v) is 5.01. The second-order valence-electron chi connectivity index (χ2n) is 4.52. The highest BCUT2D eigenvalue weighted by Crippen LogP contribution is 2.20. The number of amides is 1. The topological polar surface area (TPSA) is 88.2 Å². The molecule has 1 aromatic heterocycles. The quantitative estimate of drug-likeness (QED) is 0.778. The third kappa shape index (κ3) is 4.21. The lowest BCUT2D eigenvalue weighted by atomic mass is 10.2. The van der Waals surface area contributed by atoms with Gasteiger partial charge in [0.05, 0.1) is 0 Å². The van der Waals surface area contributed by atoms with E-state index >= 15 is 0 Å². The summed E-state index contributed by atoms with van der Waals surface area (Å²) >= 11 is 1.28. The van der Waals surface area contributed by atoms with E-state index in [4.69, 9.17) is 0 Å². The molecule has 0 unspecified atom stereocenters. The van der Waals surface area contributed by atoms with Gasteiger partial charge in [0.25, 0.3) is 5.91 Å². The summed E-state index contributed by atoms with van der Waals surface area (Å²) in [6, 6.07) is 3.12. The fourth-order valence-electron chi connectivity index (χ4n) is 1.68. The molecule has 0 bridgehead atoms. The SMILES string of the molecule is C=CCNS(=O)(=O)c1cc(C(=O)Nc2ncc(C)s2)ccc1F. The van der Waals surface area contributed by atoms with E-state index in [1.807, 2.05) is 6.92 Å². The van der Waals surface area contributed by atoms with Crippen LogP contribution in [0, 0.1) is 12.7 Å². The summed E-state index contributed by atoms with van der Waals surface area (Å²) in [5.41, 5.74) is 0.0123. The van der Waals surface area contributed by atoms with Crippen LogP contribution in [0.1, 0.15) is 15.2 Å². The number of nitrogens with one attached hydrogen (secondary N) is 2. The minimum absolute atomic E-state index is 0.0123. The van der Waals surface area contributed by atoms with Gasteiger partial charge in [0.2, 0.25) is 10.0 Å². The maximum Gasteiger partial charge on any atom is 0.257 e. The fraction of sp³-hybridized carbons (Fsp3) is 0.143. The number of carbonyl (C=O) groups is 1. The molecule has 0 fully saturated rings. The number of carbonyl (C=O) groups excluding carboxylic acids is 1. The predicted molar refractivity (Wildman–Crippen MR) is 86.6 cm³/mol. The summed E-state index contributed by atoms with van der Waals surface area (Å²) in [5, 5.41) is 2.92. The molecular formula is C14H14FN3O3S2. The lowest BCUT2D eigenvalue weighted by Gasteiger charge is -2.08. The van der Waals surface area contributed by atoms with E-state index in [9.17, 15) is 17.6 Å². The Bertz CT molecular complexity index is 847. The molecule has 1 amide bonds. The van der Waals surface area contributed by atoms with Crippen LogP contribution in [0.4, 0.5) is 9.52 Å². The minimum atomic E-state index is -4.07. The van der Waals surface area contributed by atoms with Crippen molar-refractivity contribution < 1.29 is 17.6 Å². The number of nitrogens with zero attached hydrogens (tertiary/aromatic N) is 1. The number of aromatic nitrogens is 1. The van der Waals surface area contributed by atoms with Gasteiger partial charge in [-0.2, -0.15) is 0 Å². The van der Waals surface area contributed by atoms with Gasteiger partial charge in [-0.15, -0.1) is 17.9 Å². The fourth-order valence-corrected chi connectivity index (χ4v) is 3.44. The molecule has 0 aliphatic rings. The van der Waals surface area contributed by atoms with Crippen LogP contribution in [0.5, 0.6) is 0 Å². The van der Waals surface area contributed by atoms with Crippen LogP contribution in [0.3, 0.4) is 0 Å². The maximum absolute atomic E-state index is 13.8. The maximum atomic E-state index is 13.8. The summed E-state index contributed by atoms with van der Waals surface area (Å²) < 4.78 is 40.0. The first-order chi connectivity index (χ1) is 10.8. The summed E-state index contributed by atoms with van der Waals surface area (Å²) in [5.74, 6) is -1.51. The van der Waals surface area contributed by atoms with Crippen molar-refractivity contribution >= 4 is 32.4 Å². The van der Waals surface area contributed by atoms with Crippen LogP contribution in [0.15, 0.2) is 41.9 Å². The van der Waals surface area contributed by atoms with Crippen molar-refractivity contribution in [3.63, 3.8) is 0 Å². The van der Waals surface area contributed by atoms with Gasteiger partial charge >= 0.3 is 0 Å². The second-order valence-corrected chi connectivity index (χ2v) is 7.49. The van der Waals surface area contributed by atoms with E-state index < -0.39 is 26.6 Å². The standard InChI is InChI=1S/C14H14FN3O3S2/c1-3-6-17-23(20,21)12-7-10(4-5-11(12)15)13(19)18-14-16-8-9(2)22-14/h3-5,7-8,17H,1,6H2,2H3,(H,16,18,19). The van der Waals surface area contributed by atoms with Crippen molar-refractivity contribution in [2.75, 3.05) is 11.9 Å². The highest BCUT2D eigenvalue weighted by atomic mass is 32.2. The molecular weight excluding hydrogens is 341 g/mol. The molecule has 0 saturated heterocycles. The monoisotopic (exact) mass is 355 g/mol. The van der Waals surface area contributed by atoms with Crippen molar-refractivity contribution in [3.05, 3.63) is 53.3 Å². The van der Waals surface area contributed by atoms with Crippen molar-refractivity contribution in [1.29, 1.82) is 0 Å². The molecule has 1 heterocycles. The Morgan fingerprint density at radius 2 is 2.22 bits per heavy atom. The Kier molecular flexibility index (Phi) is 5.24. The zero-order valence-corrected chi connectivity index (χ0v) is 13.8. The summed E-state index contributed by atoms with van der Waals surface area (Å²) in [7, 11) is -4.07. The molecule has 2 aromatic rings. The number of hydrogen-bond acceptors (Lipinski definition) is 5. The largest absolute Gasteiger partial charge is 0.298 e. The van der Waals surface area contributed by atoms with Gasteiger partial charge in [-0.3, -0.25) is 10.1 Å². The molecule has 0 saturated carbocycles. The molecule has 6 nitrogen and oxygen atoms in total. The van der Waals surface area contributed by atoms with Gasteiger partial charge < -0.3 is 0 Å². The van der Waals surface area contributed by atoms with Crippen molar-refractivity contribution in [2.45, 2.75) is 11.8 Å². The lowest BCUT2D eigenvalue weighted by Crippen LogP contribution is -2.25. The zero-order chi connectivity index (χ0) is 17.0. The van der Waals surface area contributed by atoms with Crippen molar-refractivity contribution in [3.8, 4) is 0 Å². The van der Waals surface area contributed by atoms with Gasteiger partial charge in [0.15, 0.2) is 5.13 Å². The number of aryl methyl sites for hydroxylation is 1. The van der Waals surface area contributed by atoms with E-state index in [1.54, 1.807) is 6.20 Å². The third-order valence-electron chi connectivity index (χ3n) is 2.74. The Labute approximate surface area is 137 Å². The molecule has 23 heavy (non-hydrogen) atoms. The predicted octanol–water partition coefficient (Wildman–Crippen LogP) is 2.31. The summed E-state index contributed by atoms with van der Waals surface area (Å²) in [4.78, 5) is 16.4. The second kappa shape index (κ2) is 6.99. The highest BCUT2D eigenvalue weighted by Gasteiger charge is 2.20. The van der Waals surface area contributed by atoms with Gasteiger partial charge in [-0.25, -0.2) is 22.5 Å². The molecule has 0 aliphatic carbocycles. The minimum Gasteiger partial charge on any atom is -0.298 e. The van der Waals surface area contributed by atoms with Gasteiger partial charge in [-0.05, 0) is 25.1 Å². The van der Waals surface area contributed by atoms with Crippen LogP contribution in [-0.4, -0.2) is 25.9 Å². The number of halogens is 1. The van der Waals surface area contributed by atoms with E-state index in [0.717, 1.165) is 17.0 Å². The van der Waals surface area contributed by atoms with Crippen molar-refractivity contribution in [2.24, 2.45) is 0 Å². The van der Waals surface area contributed by atoms with Crippen LogP contribution in [0.2, 0.25) is 0 Å². The average Bonchev–Trinajstić information content (AvgIpc) is 2.90. The molecule has 2 N–H and O–H groups in total. The molecule has 2 rings (SSSR count). The molecule has 0 atom stereocenters. The van der Waals surface area contributed by atoms with E-state index in [1.165, 1.54) is 23.5 Å². The Morgan fingerprint density at radius 1 is 1.48 bits per heavy atom. The highest BCUT2D eigenvalue weighted by molar-refractivity contribution is 7.89. The number of sulfonamides is 1. The number of hydrogen-bond donors (Lipinski definition) is 2. The van der Waals surface area contributed by atoms with E-state index in [0.29, 0.717) is 5.13 Å². The number of benzene rings is 1. The number of thiazole rings is 1. The molecule has 9 heteroatoms. The van der Waals surface area contributed by atoms with Crippen molar-refractivity contribution in [1.82, 2.24) is 9.71 Å². The average molecular weight is 355 g/mol. The molecule has 122 valence electrons. The lowest BCUT2D eigenvalue weighted by molar-refractivity contribution is 0.102. The summed E-state index contributed by atoms with van der Waals surface area (Å²) in [6.45, 7) is 5.17. The first-order valence-corrected chi connectivity index (χ1v) is 8.77. The first-order valence-electron chi connectivity index (χ1n) is 6.47. The van der Waals surface area contributed by atoms with E-state index in [-0.39, 0.29) is 12.1 Å². The van der Waals surface area contributed by atoms with Gasteiger partial charge in [0.1, 0.15) is 10.7 Å².